The van der Waals surface area contributed by atoms with Gasteiger partial charge in [0.1, 0.15) is 11.5 Å². The Bertz CT molecular complexity index is 1190. The predicted molar refractivity (Wildman–Crippen MR) is 125 cm³/mol. The van der Waals surface area contributed by atoms with E-state index in [9.17, 15) is 0 Å². The summed E-state index contributed by atoms with van der Waals surface area (Å²) in [7, 11) is 3.41. The van der Waals surface area contributed by atoms with Crippen molar-refractivity contribution in [3.63, 3.8) is 0 Å². The van der Waals surface area contributed by atoms with Gasteiger partial charge in [-0.05, 0) is 50.5 Å². The monoisotopic (exact) mass is 402 g/mol. The maximum atomic E-state index is 5.76. The molecule has 0 radical (unpaired) electrons. The second-order valence-electron chi connectivity index (χ2n) is 7.90. The lowest BCUT2D eigenvalue weighted by atomic mass is 9.97. The van der Waals surface area contributed by atoms with Crippen LogP contribution < -0.4 is 9.47 Å². The van der Waals surface area contributed by atoms with Gasteiger partial charge in [-0.15, -0.1) is 0 Å². The Balaban J connectivity index is 2.12. The van der Waals surface area contributed by atoms with Crippen LogP contribution in [0.2, 0.25) is 0 Å². The van der Waals surface area contributed by atoms with Gasteiger partial charge in [-0.2, -0.15) is 0 Å². The summed E-state index contributed by atoms with van der Waals surface area (Å²) in [5.41, 5.74) is 6.36. The Kier molecular flexibility index (Phi) is 5.42. The number of hydrogen-bond donors (Lipinski definition) is 0. The number of hydrogen-bond acceptors (Lipinski definition) is 3. The van der Waals surface area contributed by atoms with Crippen LogP contribution in [0.3, 0.4) is 0 Å². The number of rotatable bonds is 6. The van der Waals surface area contributed by atoms with Crippen LogP contribution in [0.1, 0.15) is 44.0 Å². The van der Waals surface area contributed by atoms with Crippen LogP contribution in [0.25, 0.3) is 32.9 Å². The van der Waals surface area contributed by atoms with E-state index in [2.05, 4.69) is 67.9 Å². The van der Waals surface area contributed by atoms with Crippen molar-refractivity contribution in [1.82, 2.24) is 9.55 Å². The van der Waals surface area contributed by atoms with Crippen molar-refractivity contribution in [3.05, 3.63) is 53.9 Å². The first-order valence-electron chi connectivity index (χ1n) is 10.7. The van der Waals surface area contributed by atoms with E-state index in [4.69, 9.17) is 14.5 Å². The van der Waals surface area contributed by atoms with Gasteiger partial charge in [-0.1, -0.05) is 32.0 Å². The summed E-state index contributed by atoms with van der Waals surface area (Å²) in [6.45, 7) is 8.65. The lowest BCUT2D eigenvalue weighted by molar-refractivity contribution is 0.397. The molecule has 0 aliphatic rings. The third-order valence-corrected chi connectivity index (χ3v) is 6.13. The maximum absolute atomic E-state index is 5.76. The molecule has 0 aliphatic carbocycles. The first-order chi connectivity index (χ1) is 14.5. The fourth-order valence-corrected chi connectivity index (χ4v) is 4.60. The lowest BCUT2D eigenvalue weighted by Gasteiger charge is -2.19. The van der Waals surface area contributed by atoms with E-state index in [1.54, 1.807) is 14.2 Å². The minimum absolute atomic E-state index is 0.472. The summed E-state index contributed by atoms with van der Waals surface area (Å²) in [5, 5.41) is 2.38. The summed E-state index contributed by atoms with van der Waals surface area (Å²) in [5.74, 6) is 1.60. The van der Waals surface area contributed by atoms with Crippen molar-refractivity contribution in [2.45, 2.75) is 46.6 Å². The normalized spacial score (nSPS) is 11.6. The smallest absolute Gasteiger partial charge is 0.130 e. The van der Waals surface area contributed by atoms with Gasteiger partial charge in [0.05, 0.1) is 30.8 Å². The van der Waals surface area contributed by atoms with Crippen LogP contribution in [0, 0.1) is 13.8 Å². The summed E-state index contributed by atoms with van der Waals surface area (Å²) >= 11 is 0. The average molecular weight is 403 g/mol. The number of para-hydroxylation sites is 1. The number of benzene rings is 2. The minimum atomic E-state index is 0.472. The second kappa shape index (κ2) is 8.02. The van der Waals surface area contributed by atoms with Crippen LogP contribution in [0.15, 0.2) is 42.6 Å². The lowest BCUT2D eigenvalue weighted by Crippen LogP contribution is -2.06. The van der Waals surface area contributed by atoms with Crippen molar-refractivity contribution in [2.24, 2.45) is 0 Å². The molecular weight excluding hydrogens is 372 g/mol. The van der Waals surface area contributed by atoms with Crippen molar-refractivity contribution < 1.29 is 9.47 Å². The Hall–Kier alpha value is -3.01. The Morgan fingerprint density at radius 1 is 0.933 bits per heavy atom. The molecule has 2 aromatic heterocycles. The largest absolute Gasteiger partial charge is 0.496 e. The van der Waals surface area contributed by atoms with Crippen LogP contribution in [-0.4, -0.2) is 23.8 Å². The molecule has 4 rings (SSSR count). The summed E-state index contributed by atoms with van der Waals surface area (Å²) in [6.07, 6.45) is 4.42. The van der Waals surface area contributed by atoms with Gasteiger partial charge in [0.15, 0.2) is 0 Å². The number of aryl methyl sites for hydroxylation is 2. The SMILES string of the molecule is CCC(CC)n1ccc2c(C)nc3c(-c4c(OC)cc(C)cc4OC)cccc3c21. The topological polar surface area (TPSA) is 36.3 Å². The molecule has 0 unspecified atom stereocenters. The number of fused-ring (bicyclic) bond motifs is 3. The number of nitrogens with zero attached hydrogens (tertiary/aromatic N) is 2. The zero-order valence-corrected chi connectivity index (χ0v) is 18.7. The van der Waals surface area contributed by atoms with E-state index in [1.807, 2.05) is 6.92 Å². The van der Waals surface area contributed by atoms with Crippen LogP contribution in [0.5, 0.6) is 11.5 Å². The van der Waals surface area contributed by atoms with Gasteiger partial charge in [0, 0.05) is 34.3 Å². The molecule has 2 aromatic carbocycles. The average Bonchev–Trinajstić information content (AvgIpc) is 3.20. The van der Waals surface area contributed by atoms with Gasteiger partial charge in [-0.3, -0.25) is 4.98 Å². The molecule has 2 heterocycles. The van der Waals surface area contributed by atoms with Gasteiger partial charge in [-0.25, -0.2) is 0 Å². The molecule has 0 amide bonds. The molecule has 0 aliphatic heterocycles. The zero-order valence-electron chi connectivity index (χ0n) is 18.7. The van der Waals surface area contributed by atoms with E-state index in [0.29, 0.717) is 6.04 Å². The molecule has 4 aromatic rings. The van der Waals surface area contributed by atoms with Crippen molar-refractivity contribution in [2.75, 3.05) is 14.2 Å². The van der Waals surface area contributed by atoms with E-state index in [1.165, 1.54) is 10.9 Å². The molecule has 0 bridgehead atoms. The first-order valence-corrected chi connectivity index (χ1v) is 10.7. The van der Waals surface area contributed by atoms with E-state index in [-0.39, 0.29) is 0 Å². The van der Waals surface area contributed by atoms with Gasteiger partial charge in [0.2, 0.25) is 0 Å². The molecule has 0 atom stereocenters. The molecule has 4 nitrogen and oxygen atoms in total. The standard InChI is InChI=1S/C26H30N2O2/c1-7-18(8-2)28-13-12-19-17(4)27-25-20(10-9-11-21(25)26(19)28)24-22(29-5)14-16(3)15-23(24)30-6/h9-15,18H,7-8H2,1-6H3. The molecule has 0 fully saturated rings. The second-order valence-corrected chi connectivity index (χ2v) is 7.90. The van der Waals surface area contributed by atoms with Crippen LogP contribution in [-0.2, 0) is 0 Å². The van der Waals surface area contributed by atoms with E-state index < -0.39 is 0 Å². The van der Waals surface area contributed by atoms with Gasteiger partial charge >= 0.3 is 0 Å². The molecule has 30 heavy (non-hydrogen) atoms. The molecule has 0 spiro atoms. The third-order valence-electron chi connectivity index (χ3n) is 6.13. The fraction of sp³-hybridized carbons (Fsp3) is 0.346. The highest BCUT2D eigenvalue weighted by Gasteiger charge is 2.20. The molecular formula is C26H30N2O2. The van der Waals surface area contributed by atoms with E-state index in [0.717, 1.165) is 57.6 Å². The first kappa shape index (κ1) is 20.3. The highest BCUT2D eigenvalue weighted by Crippen LogP contribution is 2.43. The summed E-state index contributed by atoms with van der Waals surface area (Å²) in [4.78, 5) is 5.05. The predicted octanol–water partition coefficient (Wildman–Crippen LogP) is 6.85. The van der Waals surface area contributed by atoms with Crippen molar-refractivity contribution in [1.29, 1.82) is 0 Å². The van der Waals surface area contributed by atoms with Gasteiger partial charge in [0.25, 0.3) is 0 Å². The molecule has 156 valence electrons. The zero-order chi connectivity index (χ0) is 21.4. The fourth-order valence-electron chi connectivity index (χ4n) is 4.60. The Labute approximate surface area is 178 Å². The Morgan fingerprint density at radius 3 is 2.20 bits per heavy atom. The number of pyridine rings is 1. The molecule has 0 saturated carbocycles. The van der Waals surface area contributed by atoms with Crippen LogP contribution in [0.4, 0.5) is 0 Å². The van der Waals surface area contributed by atoms with Crippen LogP contribution >= 0.6 is 0 Å². The number of ether oxygens (including phenoxy) is 2. The number of methoxy groups -OCH3 is 2. The van der Waals surface area contributed by atoms with E-state index >= 15 is 0 Å². The quantitative estimate of drug-likeness (QED) is 0.354. The van der Waals surface area contributed by atoms with Crippen molar-refractivity contribution >= 4 is 21.8 Å². The highest BCUT2D eigenvalue weighted by molar-refractivity contribution is 6.10. The minimum Gasteiger partial charge on any atom is -0.496 e. The molecule has 4 heteroatoms. The molecule has 0 saturated heterocycles. The maximum Gasteiger partial charge on any atom is 0.130 e. The third kappa shape index (κ3) is 3.11. The summed E-state index contributed by atoms with van der Waals surface area (Å²) in [6, 6.07) is 13.2. The van der Waals surface area contributed by atoms with Gasteiger partial charge < -0.3 is 14.0 Å². The highest BCUT2D eigenvalue weighted by atomic mass is 16.5. The number of aromatic nitrogens is 2. The summed E-state index contributed by atoms with van der Waals surface area (Å²) < 4.78 is 13.9. The van der Waals surface area contributed by atoms with Crippen molar-refractivity contribution in [3.8, 4) is 22.6 Å². The molecule has 0 N–H and O–H groups in total. The Morgan fingerprint density at radius 2 is 1.60 bits per heavy atom.